The van der Waals surface area contributed by atoms with Crippen molar-refractivity contribution in [3.63, 3.8) is 0 Å². The number of hydrogen-bond donors (Lipinski definition) is 1. The molecule has 2 rings (SSSR count). The van der Waals surface area contributed by atoms with Crippen LogP contribution in [0.4, 0.5) is 0 Å². The molecule has 0 radical (unpaired) electrons. The number of benzene rings is 1. The van der Waals surface area contributed by atoms with E-state index in [0.29, 0.717) is 10.9 Å². The molecule has 1 heterocycles. The van der Waals surface area contributed by atoms with Gasteiger partial charge in [0.25, 0.3) is 0 Å². The molecular formula is C12H13N3OS. The van der Waals surface area contributed by atoms with Crippen molar-refractivity contribution in [2.75, 3.05) is 5.75 Å². The second-order valence-corrected chi connectivity index (χ2v) is 4.67. The molecule has 0 aliphatic heterocycles. The minimum absolute atomic E-state index is 0.107. The van der Waals surface area contributed by atoms with Crippen LogP contribution in [-0.2, 0) is 0 Å². The van der Waals surface area contributed by atoms with Crippen LogP contribution < -0.4 is 0 Å². The molecule has 0 spiro atoms. The number of nitrogens with zero attached hydrogens (tertiary/aromatic N) is 2. The zero-order valence-corrected chi connectivity index (χ0v) is 10.5. The fraction of sp³-hybridized carbons (Fsp3) is 0.250. The van der Waals surface area contributed by atoms with Crippen LogP contribution in [0.3, 0.4) is 0 Å². The van der Waals surface area contributed by atoms with Crippen LogP contribution >= 0.6 is 11.8 Å². The third kappa shape index (κ3) is 2.94. The van der Waals surface area contributed by atoms with Crippen molar-refractivity contribution >= 4 is 17.5 Å². The summed E-state index contributed by atoms with van der Waals surface area (Å²) in [7, 11) is 0. The van der Waals surface area contributed by atoms with Gasteiger partial charge in [0.2, 0.25) is 5.16 Å². The van der Waals surface area contributed by atoms with Crippen LogP contribution in [0.1, 0.15) is 21.7 Å². The molecule has 0 atom stereocenters. The molecule has 17 heavy (non-hydrogen) atoms. The van der Waals surface area contributed by atoms with Crippen LogP contribution in [0, 0.1) is 13.8 Å². The maximum atomic E-state index is 12.0. The lowest BCUT2D eigenvalue weighted by Crippen LogP contribution is -2.04. The van der Waals surface area contributed by atoms with Crippen LogP contribution in [0.2, 0.25) is 0 Å². The van der Waals surface area contributed by atoms with Gasteiger partial charge >= 0.3 is 0 Å². The number of thioether (sulfide) groups is 1. The Morgan fingerprint density at radius 2 is 2.12 bits per heavy atom. The van der Waals surface area contributed by atoms with Gasteiger partial charge in [-0.2, -0.15) is 0 Å². The van der Waals surface area contributed by atoms with E-state index in [9.17, 15) is 4.79 Å². The van der Waals surface area contributed by atoms with Crippen molar-refractivity contribution < 1.29 is 4.79 Å². The predicted octanol–water partition coefficient (Wildman–Crippen LogP) is 2.40. The normalized spacial score (nSPS) is 10.5. The lowest BCUT2D eigenvalue weighted by Gasteiger charge is -2.02. The molecule has 0 aliphatic carbocycles. The zero-order chi connectivity index (χ0) is 12.3. The lowest BCUT2D eigenvalue weighted by atomic mass is 10.1. The van der Waals surface area contributed by atoms with E-state index >= 15 is 0 Å². The molecule has 0 fully saturated rings. The summed E-state index contributed by atoms with van der Waals surface area (Å²) in [4.78, 5) is 16.1. The second kappa shape index (κ2) is 5.14. The largest absolute Gasteiger partial charge is 0.293 e. The average Bonchev–Trinajstić information content (AvgIpc) is 2.73. The number of aromatic nitrogens is 3. The van der Waals surface area contributed by atoms with E-state index in [1.165, 1.54) is 11.8 Å². The van der Waals surface area contributed by atoms with Gasteiger partial charge in [0.05, 0.1) is 5.75 Å². The highest BCUT2D eigenvalue weighted by atomic mass is 32.2. The first-order valence-electron chi connectivity index (χ1n) is 5.27. The van der Waals surface area contributed by atoms with E-state index in [1.54, 1.807) is 0 Å². The van der Waals surface area contributed by atoms with Crippen LogP contribution in [0.15, 0.2) is 29.4 Å². The number of nitrogens with one attached hydrogen (secondary N) is 1. The van der Waals surface area contributed by atoms with E-state index in [-0.39, 0.29) is 5.78 Å². The third-order valence-corrected chi connectivity index (χ3v) is 3.20. The first kappa shape index (κ1) is 11.9. The summed E-state index contributed by atoms with van der Waals surface area (Å²) in [6.45, 7) is 3.77. The number of Topliss-reactive ketones (excluding diaryl/α,β-unsaturated/α-hetero) is 1. The molecule has 0 aliphatic rings. The standard InChI is InChI=1S/C12H13N3OS/c1-8-5-3-4-6-10(8)11(16)7-17-12-13-9(2)14-15-12/h3-6H,7H2,1-2H3,(H,13,14,15). The molecule has 1 aromatic heterocycles. The summed E-state index contributed by atoms with van der Waals surface area (Å²) in [6, 6.07) is 7.59. The molecule has 0 bridgehead atoms. The van der Waals surface area contributed by atoms with Crippen LogP contribution in [-0.4, -0.2) is 26.7 Å². The summed E-state index contributed by atoms with van der Waals surface area (Å²) in [6.07, 6.45) is 0. The Morgan fingerprint density at radius 1 is 1.35 bits per heavy atom. The van der Waals surface area contributed by atoms with Crippen molar-refractivity contribution in [3.05, 3.63) is 41.2 Å². The number of hydrogen-bond acceptors (Lipinski definition) is 4. The third-order valence-electron chi connectivity index (χ3n) is 2.35. The number of ketones is 1. The Hall–Kier alpha value is -1.62. The van der Waals surface area contributed by atoms with Gasteiger partial charge in [-0.05, 0) is 19.4 Å². The van der Waals surface area contributed by atoms with E-state index in [0.717, 1.165) is 17.0 Å². The van der Waals surface area contributed by atoms with Gasteiger partial charge in [0.15, 0.2) is 5.78 Å². The van der Waals surface area contributed by atoms with Crippen molar-refractivity contribution in [2.45, 2.75) is 19.0 Å². The first-order chi connectivity index (χ1) is 8.16. The molecule has 1 aromatic carbocycles. The molecule has 0 amide bonds. The quantitative estimate of drug-likeness (QED) is 0.665. The molecule has 88 valence electrons. The van der Waals surface area contributed by atoms with Gasteiger partial charge in [-0.1, -0.05) is 36.0 Å². The number of carbonyl (C=O) groups excluding carboxylic acids is 1. The Balaban J connectivity index is 2.01. The van der Waals surface area contributed by atoms with Gasteiger partial charge in [-0.25, -0.2) is 4.98 Å². The highest BCUT2D eigenvalue weighted by molar-refractivity contribution is 7.99. The first-order valence-corrected chi connectivity index (χ1v) is 6.26. The smallest absolute Gasteiger partial charge is 0.208 e. The predicted molar refractivity (Wildman–Crippen MR) is 67.4 cm³/mol. The molecule has 5 heteroatoms. The molecule has 1 N–H and O–H groups in total. The van der Waals surface area contributed by atoms with Crippen LogP contribution in [0.5, 0.6) is 0 Å². The second-order valence-electron chi connectivity index (χ2n) is 3.73. The summed E-state index contributed by atoms with van der Waals surface area (Å²) in [5, 5.41) is 7.34. The highest BCUT2D eigenvalue weighted by Gasteiger charge is 2.10. The number of aromatic amines is 1. The number of rotatable bonds is 4. The molecule has 0 saturated carbocycles. The van der Waals surface area contributed by atoms with Crippen LogP contribution in [0.25, 0.3) is 0 Å². The fourth-order valence-corrected chi connectivity index (χ4v) is 2.21. The van der Waals surface area contributed by atoms with E-state index < -0.39 is 0 Å². The van der Waals surface area contributed by atoms with Crippen molar-refractivity contribution in [2.24, 2.45) is 0 Å². The van der Waals surface area contributed by atoms with Gasteiger partial charge in [0.1, 0.15) is 5.82 Å². The topological polar surface area (TPSA) is 58.6 Å². The van der Waals surface area contributed by atoms with Crippen molar-refractivity contribution in [3.8, 4) is 0 Å². The minimum atomic E-state index is 0.107. The Kier molecular flexibility index (Phi) is 3.58. The lowest BCUT2D eigenvalue weighted by molar-refractivity contribution is 0.102. The van der Waals surface area contributed by atoms with Gasteiger partial charge < -0.3 is 0 Å². The molecule has 4 nitrogen and oxygen atoms in total. The van der Waals surface area contributed by atoms with Crippen molar-refractivity contribution in [1.29, 1.82) is 0 Å². The Labute approximate surface area is 104 Å². The van der Waals surface area contributed by atoms with E-state index in [1.807, 2.05) is 38.1 Å². The molecule has 0 unspecified atom stereocenters. The average molecular weight is 247 g/mol. The summed E-state index contributed by atoms with van der Waals surface area (Å²) < 4.78 is 0. The van der Waals surface area contributed by atoms with E-state index in [4.69, 9.17) is 0 Å². The van der Waals surface area contributed by atoms with Crippen molar-refractivity contribution in [1.82, 2.24) is 15.2 Å². The monoisotopic (exact) mass is 247 g/mol. The van der Waals surface area contributed by atoms with Gasteiger partial charge in [-0.3, -0.25) is 9.89 Å². The fourth-order valence-electron chi connectivity index (χ4n) is 1.48. The summed E-state index contributed by atoms with van der Waals surface area (Å²) in [5.74, 6) is 1.23. The highest BCUT2D eigenvalue weighted by Crippen LogP contribution is 2.16. The maximum Gasteiger partial charge on any atom is 0.208 e. The molecule has 0 saturated heterocycles. The molecule has 2 aromatic rings. The van der Waals surface area contributed by atoms with Gasteiger partial charge in [0, 0.05) is 5.56 Å². The Bertz CT molecular complexity index is 536. The minimum Gasteiger partial charge on any atom is -0.293 e. The summed E-state index contributed by atoms with van der Waals surface area (Å²) in [5.41, 5.74) is 1.77. The van der Waals surface area contributed by atoms with Gasteiger partial charge in [-0.15, -0.1) is 5.10 Å². The Morgan fingerprint density at radius 3 is 2.76 bits per heavy atom. The number of H-pyrrole nitrogens is 1. The number of carbonyl (C=O) groups is 1. The SMILES string of the molecule is Cc1nc(SCC(=O)c2ccccc2C)n[nH]1. The number of aryl methyl sites for hydroxylation is 2. The maximum absolute atomic E-state index is 12.0. The molecular weight excluding hydrogens is 234 g/mol. The summed E-state index contributed by atoms with van der Waals surface area (Å²) >= 11 is 1.35. The van der Waals surface area contributed by atoms with E-state index in [2.05, 4.69) is 15.2 Å². The zero-order valence-electron chi connectivity index (χ0n) is 9.73.